The van der Waals surface area contributed by atoms with Gasteiger partial charge in [-0.25, -0.2) is 4.79 Å². The summed E-state index contributed by atoms with van der Waals surface area (Å²) in [6.07, 6.45) is 0.611. The van der Waals surface area contributed by atoms with E-state index in [0.717, 1.165) is 11.3 Å². The number of nitrogens with one attached hydrogen (secondary N) is 1. The number of carboxylic acids is 1. The van der Waals surface area contributed by atoms with Crippen molar-refractivity contribution in [3.8, 4) is 5.75 Å². The van der Waals surface area contributed by atoms with E-state index in [2.05, 4.69) is 5.32 Å². The lowest BCUT2D eigenvalue weighted by molar-refractivity contribution is -0.143. The molecule has 1 aliphatic rings. The second-order valence-electron chi connectivity index (χ2n) is 6.43. The maximum Gasteiger partial charge on any atom is 0.317 e. The molecule has 138 valence electrons. The van der Waals surface area contributed by atoms with Gasteiger partial charge in [-0.3, -0.25) is 4.79 Å². The Kier molecular flexibility index (Phi) is 7.06. The highest BCUT2D eigenvalue weighted by Crippen LogP contribution is 2.22. The zero-order valence-corrected chi connectivity index (χ0v) is 14.7. The van der Waals surface area contributed by atoms with Gasteiger partial charge in [-0.2, -0.15) is 0 Å². The number of hydrogen-bond acceptors (Lipinski definition) is 4. The SMILES string of the molecule is COCCOc1cccc(CNC(=O)N2CC(C)CC(C(=O)O)C2)c1. The molecule has 2 atom stereocenters. The predicted octanol–water partition coefficient (Wildman–Crippen LogP) is 1.96. The highest BCUT2D eigenvalue weighted by Gasteiger charge is 2.31. The van der Waals surface area contributed by atoms with E-state index in [1.54, 1.807) is 12.0 Å². The van der Waals surface area contributed by atoms with Crippen molar-refractivity contribution in [1.82, 2.24) is 10.2 Å². The van der Waals surface area contributed by atoms with Crippen LogP contribution in [0.2, 0.25) is 0 Å². The number of likely N-dealkylation sites (tertiary alicyclic amines) is 1. The van der Waals surface area contributed by atoms with Crippen LogP contribution in [0, 0.1) is 11.8 Å². The van der Waals surface area contributed by atoms with Gasteiger partial charge in [0.1, 0.15) is 12.4 Å². The van der Waals surface area contributed by atoms with Gasteiger partial charge in [-0.05, 0) is 30.0 Å². The summed E-state index contributed by atoms with van der Waals surface area (Å²) >= 11 is 0. The number of benzene rings is 1. The standard InChI is InChI=1S/C18H26N2O5/c1-13-8-15(17(21)22)12-20(11-13)18(23)19-10-14-4-3-5-16(9-14)25-7-6-24-2/h3-5,9,13,15H,6-8,10-12H2,1-2H3,(H,19,23)(H,21,22). The number of rotatable bonds is 7. The molecule has 7 nitrogen and oxygen atoms in total. The molecule has 2 unspecified atom stereocenters. The molecule has 0 saturated carbocycles. The van der Waals surface area contributed by atoms with Crippen molar-refractivity contribution in [2.45, 2.75) is 19.9 Å². The van der Waals surface area contributed by atoms with Crippen molar-refractivity contribution in [3.05, 3.63) is 29.8 Å². The van der Waals surface area contributed by atoms with Crippen LogP contribution in [0.1, 0.15) is 18.9 Å². The van der Waals surface area contributed by atoms with Crippen molar-refractivity contribution in [1.29, 1.82) is 0 Å². The van der Waals surface area contributed by atoms with Gasteiger partial charge in [-0.15, -0.1) is 0 Å². The average Bonchev–Trinajstić information content (AvgIpc) is 2.59. The van der Waals surface area contributed by atoms with Gasteiger partial charge < -0.3 is 24.8 Å². The third-order valence-electron chi connectivity index (χ3n) is 4.19. The van der Waals surface area contributed by atoms with Crippen LogP contribution >= 0.6 is 0 Å². The molecule has 1 aromatic carbocycles. The maximum atomic E-state index is 12.4. The third kappa shape index (κ3) is 5.94. The molecule has 1 aliphatic heterocycles. The van der Waals surface area contributed by atoms with Crippen molar-refractivity contribution >= 4 is 12.0 Å². The van der Waals surface area contributed by atoms with E-state index in [1.807, 2.05) is 31.2 Å². The molecule has 1 fully saturated rings. The van der Waals surface area contributed by atoms with Crippen LogP contribution in [0.25, 0.3) is 0 Å². The Hall–Kier alpha value is -2.28. The number of carbonyl (C=O) groups excluding carboxylic acids is 1. The van der Waals surface area contributed by atoms with Gasteiger partial charge in [0.05, 0.1) is 12.5 Å². The van der Waals surface area contributed by atoms with Gasteiger partial charge in [0.15, 0.2) is 0 Å². The van der Waals surface area contributed by atoms with Gasteiger partial charge >= 0.3 is 12.0 Å². The summed E-state index contributed by atoms with van der Waals surface area (Å²) in [6, 6.07) is 7.26. The number of nitrogens with zero attached hydrogens (tertiary/aromatic N) is 1. The molecule has 2 amide bonds. The number of piperidine rings is 1. The third-order valence-corrected chi connectivity index (χ3v) is 4.19. The molecule has 2 rings (SSSR count). The molecule has 1 heterocycles. The zero-order valence-electron chi connectivity index (χ0n) is 14.7. The van der Waals surface area contributed by atoms with Crippen LogP contribution in [0.3, 0.4) is 0 Å². The molecule has 0 aliphatic carbocycles. The number of carboxylic acid groups (broad SMARTS) is 1. The Morgan fingerprint density at radius 2 is 2.12 bits per heavy atom. The molecule has 0 aromatic heterocycles. The molecule has 0 bridgehead atoms. The normalized spacial score (nSPS) is 20.2. The molecular weight excluding hydrogens is 324 g/mol. The highest BCUT2D eigenvalue weighted by atomic mass is 16.5. The summed E-state index contributed by atoms with van der Waals surface area (Å²) in [5.74, 6) is -0.434. The lowest BCUT2D eigenvalue weighted by atomic mass is 9.91. The van der Waals surface area contributed by atoms with E-state index in [-0.39, 0.29) is 18.5 Å². The van der Waals surface area contributed by atoms with Crippen molar-refractivity contribution in [2.24, 2.45) is 11.8 Å². The second-order valence-corrected chi connectivity index (χ2v) is 6.43. The number of aliphatic carboxylic acids is 1. The fourth-order valence-corrected chi connectivity index (χ4v) is 2.97. The minimum absolute atomic E-state index is 0.179. The molecule has 1 saturated heterocycles. The lowest BCUT2D eigenvalue weighted by Gasteiger charge is -2.34. The highest BCUT2D eigenvalue weighted by molar-refractivity contribution is 5.76. The minimum atomic E-state index is -0.842. The van der Waals surface area contributed by atoms with E-state index in [4.69, 9.17) is 9.47 Å². The van der Waals surface area contributed by atoms with Gasteiger partial charge in [0, 0.05) is 26.7 Å². The maximum absolute atomic E-state index is 12.4. The summed E-state index contributed by atoms with van der Waals surface area (Å²) < 4.78 is 10.5. The zero-order chi connectivity index (χ0) is 18.2. The van der Waals surface area contributed by atoms with Crippen LogP contribution in [-0.4, -0.2) is 55.4 Å². The number of carbonyl (C=O) groups is 2. The van der Waals surface area contributed by atoms with E-state index < -0.39 is 11.9 Å². The largest absolute Gasteiger partial charge is 0.491 e. The summed E-state index contributed by atoms with van der Waals surface area (Å²) in [6.45, 7) is 4.15. The van der Waals surface area contributed by atoms with Crippen LogP contribution in [-0.2, 0) is 16.1 Å². The van der Waals surface area contributed by atoms with Crippen molar-refractivity contribution < 1.29 is 24.2 Å². The molecular formula is C18H26N2O5. The Labute approximate surface area is 147 Å². The fourth-order valence-electron chi connectivity index (χ4n) is 2.97. The Balaban J connectivity index is 1.86. The first kappa shape index (κ1) is 19.1. The molecule has 2 N–H and O–H groups in total. The monoisotopic (exact) mass is 350 g/mol. The first-order chi connectivity index (χ1) is 12.0. The number of amides is 2. The number of urea groups is 1. The fraction of sp³-hybridized carbons (Fsp3) is 0.556. The summed E-state index contributed by atoms with van der Waals surface area (Å²) in [4.78, 5) is 25.2. The summed E-state index contributed by atoms with van der Waals surface area (Å²) in [5.41, 5.74) is 0.920. The number of methoxy groups -OCH3 is 1. The summed E-state index contributed by atoms with van der Waals surface area (Å²) in [7, 11) is 1.62. The van der Waals surface area contributed by atoms with E-state index in [9.17, 15) is 14.7 Å². The molecule has 7 heteroatoms. The second kappa shape index (κ2) is 9.27. The van der Waals surface area contributed by atoms with Crippen LogP contribution < -0.4 is 10.1 Å². The Morgan fingerprint density at radius 1 is 1.32 bits per heavy atom. The van der Waals surface area contributed by atoms with Crippen molar-refractivity contribution in [2.75, 3.05) is 33.4 Å². The van der Waals surface area contributed by atoms with Crippen LogP contribution in [0.4, 0.5) is 4.79 Å². The smallest absolute Gasteiger partial charge is 0.317 e. The van der Waals surface area contributed by atoms with E-state index >= 15 is 0 Å². The Bertz CT molecular complexity index is 593. The van der Waals surface area contributed by atoms with Gasteiger partial charge in [-0.1, -0.05) is 19.1 Å². The molecule has 1 aromatic rings. The topological polar surface area (TPSA) is 88.1 Å². The minimum Gasteiger partial charge on any atom is -0.491 e. The quantitative estimate of drug-likeness (QED) is 0.734. The molecule has 25 heavy (non-hydrogen) atoms. The number of ether oxygens (including phenoxy) is 2. The van der Waals surface area contributed by atoms with Gasteiger partial charge in [0.25, 0.3) is 0 Å². The molecule has 0 spiro atoms. The summed E-state index contributed by atoms with van der Waals surface area (Å²) in [5, 5.41) is 12.1. The lowest BCUT2D eigenvalue weighted by Crippen LogP contribution is -2.49. The van der Waals surface area contributed by atoms with Gasteiger partial charge in [0.2, 0.25) is 0 Å². The van der Waals surface area contributed by atoms with Crippen LogP contribution in [0.5, 0.6) is 5.75 Å². The first-order valence-electron chi connectivity index (χ1n) is 8.46. The average molecular weight is 350 g/mol. The van der Waals surface area contributed by atoms with E-state index in [1.165, 1.54) is 0 Å². The Morgan fingerprint density at radius 3 is 2.84 bits per heavy atom. The van der Waals surface area contributed by atoms with Crippen LogP contribution in [0.15, 0.2) is 24.3 Å². The molecule has 0 radical (unpaired) electrons. The number of hydrogen-bond donors (Lipinski definition) is 2. The van der Waals surface area contributed by atoms with E-state index in [0.29, 0.717) is 32.7 Å². The predicted molar refractivity (Wildman–Crippen MR) is 92.5 cm³/mol. The first-order valence-corrected chi connectivity index (χ1v) is 8.46. The van der Waals surface area contributed by atoms with Crippen molar-refractivity contribution in [3.63, 3.8) is 0 Å².